The van der Waals surface area contributed by atoms with Gasteiger partial charge in [0.2, 0.25) is 0 Å². The number of terminal acetylenes is 1. The Labute approximate surface area is 131 Å². The van der Waals surface area contributed by atoms with E-state index in [1.807, 2.05) is 55.2 Å². The monoisotopic (exact) mass is 294 g/mol. The van der Waals surface area contributed by atoms with Gasteiger partial charge in [0, 0.05) is 12.1 Å². The second kappa shape index (κ2) is 7.90. The third-order valence-corrected chi connectivity index (χ3v) is 3.05. The van der Waals surface area contributed by atoms with Crippen molar-refractivity contribution in [1.29, 1.82) is 0 Å². The Balaban J connectivity index is 2.18. The maximum absolute atomic E-state index is 5.61. The summed E-state index contributed by atoms with van der Waals surface area (Å²) in [5.41, 5.74) is 2.19. The molecule has 1 aromatic heterocycles. The molecule has 0 amide bonds. The van der Waals surface area contributed by atoms with E-state index in [4.69, 9.17) is 15.9 Å². The van der Waals surface area contributed by atoms with Gasteiger partial charge in [0.25, 0.3) is 0 Å². The van der Waals surface area contributed by atoms with Crippen LogP contribution in [0.3, 0.4) is 0 Å². The smallest absolute Gasteiger partial charge is 0.169 e. The van der Waals surface area contributed by atoms with Gasteiger partial charge in [0.15, 0.2) is 23.9 Å². The molecule has 0 aliphatic carbocycles. The van der Waals surface area contributed by atoms with Gasteiger partial charge >= 0.3 is 0 Å². The molecule has 0 fully saturated rings. The quantitative estimate of drug-likeness (QED) is 0.603. The molecule has 0 atom stereocenters. The average molecular weight is 294 g/mol. The molecule has 0 radical (unpaired) electrons. The second-order valence-corrected chi connectivity index (χ2v) is 4.76. The minimum absolute atomic E-state index is 0.232. The minimum Gasteiger partial charge on any atom is -0.490 e. The molecule has 1 heterocycles. The first-order valence-corrected chi connectivity index (χ1v) is 7.19. The Bertz CT molecular complexity index is 682. The van der Waals surface area contributed by atoms with E-state index in [-0.39, 0.29) is 6.61 Å². The molecule has 0 saturated heterocycles. The molecule has 112 valence electrons. The Morgan fingerprint density at radius 1 is 1.05 bits per heavy atom. The van der Waals surface area contributed by atoms with Crippen LogP contribution in [0.1, 0.15) is 18.1 Å². The van der Waals surface area contributed by atoms with Crippen LogP contribution in [0.25, 0.3) is 12.2 Å². The lowest BCUT2D eigenvalue weighted by Gasteiger charge is -2.10. The van der Waals surface area contributed by atoms with Crippen LogP contribution in [-0.2, 0) is 7.05 Å². The van der Waals surface area contributed by atoms with Crippen LogP contribution in [0.4, 0.5) is 0 Å². The normalized spacial score (nSPS) is 10.4. The van der Waals surface area contributed by atoms with Crippen molar-refractivity contribution >= 4 is 12.2 Å². The van der Waals surface area contributed by atoms with E-state index >= 15 is 0 Å². The fourth-order valence-corrected chi connectivity index (χ4v) is 1.95. The van der Waals surface area contributed by atoms with Gasteiger partial charge in [0.1, 0.15) is 13.7 Å². The van der Waals surface area contributed by atoms with E-state index in [2.05, 4.69) is 24.1 Å². The fraction of sp³-hybridized carbons (Fsp3) is 0.211. The number of hydrogen-bond acceptors (Lipinski definition) is 2. The summed E-state index contributed by atoms with van der Waals surface area (Å²) < 4.78 is 13.1. The topological polar surface area (TPSA) is 22.3 Å². The average Bonchev–Trinajstić information content (AvgIpc) is 2.54. The van der Waals surface area contributed by atoms with Crippen LogP contribution < -0.4 is 14.0 Å². The number of hydrogen-bond donors (Lipinski definition) is 0. The Hall–Kier alpha value is -2.73. The van der Waals surface area contributed by atoms with Crippen molar-refractivity contribution in [1.82, 2.24) is 0 Å². The van der Waals surface area contributed by atoms with Gasteiger partial charge in [-0.1, -0.05) is 24.1 Å². The molecule has 3 heteroatoms. The van der Waals surface area contributed by atoms with Gasteiger partial charge in [-0.15, -0.1) is 6.42 Å². The summed E-state index contributed by atoms with van der Waals surface area (Å²) in [5, 5.41) is 0. The van der Waals surface area contributed by atoms with Crippen LogP contribution in [0, 0.1) is 12.3 Å². The summed E-state index contributed by atoms with van der Waals surface area (Å²) in [6.07, 6.45) is 13.4. The Kier molecular flexibility index (Phi) is 5.62. The summed E-state index contributed by atoms with van der Waals surface area (Å²) >= 11 is 0. The van der Waals surface area contributed by atoms with Crippen LogP contribution in [0.5, 0.6) is 11.5 Å². The highest BCUT2D eigenvalue weighted by atomic mass is 16.5. The lowest BCUT2D eigenvalue weighted by molar-refractivity contribution is -0.671. The molecule has 0 N–H and O–H groups in total. The molecule has 3 nitrogen and oxygen atoms in total. The zero-order chi connectivity index (χ0) is 15.8. The first-order valence-electron chi connectivity index (χ1n) is 7.19. The predicted octanol–water partition coefficient (Wildman–Crippen LogP) is 3.09. The van der Waals surface area contributed by atoms with Gasteiger partial charge in [-0.05, 0) is 30.2 Å². The van der Waals surface area contributed by atoms with Crippen LogP contribution in [0.15, 0.2) is 42.7 Å². The van der Waals surface area contributed by atoms with Crippen molar-refractivity contribution in [3.8, 4) is 23.8 Å². The third kappa shape index (κ3) is 4.39. The van der Waals surface area contributed by atoms with Gasteiger partial charge < -0.3 is 9.47 Å². The van der Waals surface area contributed by atoms with E-state index in [0.29, 0.717) is 18.1 Å². The molecule has 0 spiro atoms. The maximum Gasteiger partial charge on any atom is 0.169 e. The van der Waals surface area contributed by atoms with Crippen molar-refractivity contribution in [2.75, 3.05) is 13.2 Å². The maximum atomic E-state index is 5.61. The molecule has 0 saturated carbocycles. The second-order valence-electron chi connectivity index (χ2n) is 4.76. The minimum atomic E-state index is 0.232. The van der Waals surface area contributed by atoms with Gasteiger partial charge in [-0.2, -0.15) is 0 Å². The van der Waals surface area contributed by atoms with E-state index in [1.165, 1.54) is 0 Å². The molecule has 0 aliphatic heterocycles. The predicted molar refractivity (Wildman–Crippen MR) is 88.5 cm³/mol. The summed E-state index contributed by atoms with van der Waals surface area (Å²) in [4.78, 5) is 0. The zero-order valence-corrected chi connectivity index (χ0v) is 13.0. The van der Waals surface area contributed by atoms with Crippen LogP contribution in [0.2, 0.25) is 0 Å². The molecule has 22 heavy (non-hydrogen) atoms. The van der Waals surface area contributed by atoms with Crippen molar-refractivity contribution in [3.05, 3.63) is 53.9 Å². The Morgan fingerprint density at radius 2 is 1.77 bits per heavy atom. The van der Waals surface area contributed by atoms with E-state index < -0.39 is 0 Å². The molecule has 0 bridgehead atoms. The van der Waals surface area contributed by atoms with E-state index in [0.717, 1.165) is 11.1 Å². The van der Waals surface area contributed by atoms with Crippen LogP contribution >= 0.6 is 0 Å². The SMILES string of the molecule is C#CCOc1ccc(/C=C/c2cc[n+](C)cc2)cc1OCC. The number of aromatic nitrogens is 1. The van der Waals surface area contributed by atoms with Crippen molar-refractivity contribution in [2.24, 2.45) is 7.05 Å². The van der Waals surface area contributed by atoms with Crippen LogP contribution in [-0.4, -0.2) is 13.2 Å². The molecule has 0 unspecified atom stereocenters. The summed E-state index contributed by atoms with van der Waals surface area (Å²) in [5.74, 6) is 3.84. The standard InChI is InChI=1S/C19H20NO2/c1-4-14-22-18-9-8-17(15-19(18)21-5-2)7-6-16-10-12-20(3)13-11-16/h1,6-13,15H,5,14H2,2-3H3/q+1/b7-6+. The highest BCUT2D eigenvalue weighted by molar-refractivity contribution is 5.70. The lowest BCUT2D eigenvalue weighted by atomic mass is 10.1. The van der Waals surface area contributed by atoms with E-state index in [1.54, 1.807) is 0 Å². The first kappa shape index (κ1) is 15.7. The molecular weight excluding hydrogens is 274 g/mol. The highest BCUT2D eigenvalue weighted by Crippen LogP contribution is 2.29. The van der Waals surface area contributed by atoms with Gasteiger partial charge in [-0.3, -0.25) is 0 Å². The highest BCUT2D eigenvalue weighted by Gasteiger charge is 2.05. The summed E-state index contributed by atoms with van der Waals surface area (Å²) in [6.45, 7) is 2.75. The van der Waals surface area contributed by atoms with Gasteiger partial charge in [0.05, 0.1) is 6.61 Å². The summed E-state index contributed by atoms with van der Waals surface area (Å²) in [7, 11) is 2.00. The number of aryl methyl sites for hydroxylation is 1. The van der Waals surface area contributed by atoms with Crippen molar-refractivity contribution in [3.63, 3.8) is 0 Å². The zero-order valence-electron chi connectivity index (χ0n) is 13.0. The largest absolute Gasteiger partial charge is 0.490 e. The number of pyridine rings is 1. The molecule has 2 aromatic rings. The molecule has 1 aromatic carbocycles. The number of benzene rings is 1. The molecular formula is C19H20NO2+. The third-order valence-electron chi connectivity index (χ3n) is 3.05. The van der Waals surface area contributed by atoms with Crippen molar-refractivity contribution < 1.29 is 14.0 Å². The lowest BCUT2D eigenvalue weighted by Crippen LogP contribution is -2.25. The first-order chi connectivity index (χ1) is 10.7. The number of nitrogens with zero attached hydrogens (tertiary/aromatic N) is 1. The van der Waals surface area contributed by atoms with E-state index in [9.17, 15) is 0 Å². The fourth-order valence-electron chi connectivity index (χ4n) is 1.95. The number of rotatable bonds is 6. The van der Waals surface area contributed by atoms with Gasteiger partial charge in [-0.25, -0.2) is 4.57 Å². The molecule has 0 aliphatic rings. The van der Waals surface area contributed by atoms with Crippen molar-refractivity contribution in [2.45, 2.75) is 6.92 Å². The Morgan fingerprint density at radius 3 is 2.45 bits per heavy atom. The number of ether oxygens (including phenoxy) is 2. The molecule has 2 rings (SSSR count). The summed E-state index contributed by atoms with van der Waals surface area (Å²) in [6, 6.07) is 9.93.